The molecule has 0 N–H and O–H groups in total. The molecular formula is C19H20F3N3O6S. The highest BCUT2D eigenvalue weighted by molar-refractivity contribution is 7.89. The predicted octanol–water partition coefficient (Wildman–Crippen LogP) is 0.999. The molecule has 0 amide bonds. The summed E-state index contributed by atoms with van der Waals surface area (Å²) >= 11 is 0. The van der Waals surface area contributed by atoms with E-state index >= 15 is 0 Å². The average molecular weight is 475 g/mol. The molecule has 0 saturated carbocycles. The first-order valence-electron chi connectivity index (χ1n) is 9.46. The highest BCUT2D eigenvalue weighted by atomic mass is 32.2. The zero-order valence-corrected chi connectivity index (χ0v) is 17.9. The third kappa shape index (κ3) is 4.35. The van der Waals surface area contributed by atoms with Crippen molar-refractivity contribution in [1.82, 2.24) is 13.4 Å². The summed E-state index contributed by atoms with van der Waals surface area (Å²) in [6.45, 7) is -0.636. The van der Waals surface area contributed by atoms with Crippen molar-refractivity contribution in [2.45, 2.75) is 36.6 Å². The van der Waals surface area contributed by atoms with Gasteiger partial charge in [0, 0.05) is 26.7 Å². The molecule has 2 aromatic rings. The Kier molecular flexibility index (Phi) is 6.33. The fourth-order valence-electron chi connectivity index (χ4n) is 3.47. The van der Waals surface area contributed by atoms with Gasteiger partial charge in [-0.3, -0.25) is 18.7 Å². The van der Waals surface area contributed by atoms with Crippen LogP contribution in [0.15, 0.2) is 44.8 Å². The van der Waals surface area contributed by atoms with Crippen LogP contribution < -0.4 is 11.2 Å². The van der Waals surface area contributed by atoms with Gasteiger partial charge in [0.1, 0.15) is 12.6 Å². The first kappa shape index (κ1) is 23.7. The second-order valence-corrected chi connectivity index (χ2v) is 9.11. The van der Waals surface area contributed by atoms with Gasteiger partial charge in [0.15, 0.2) is 0 Å². The van der Waals surface area contributed by atoms with E-state index in [9.17, 15) is 36.0 Å². The van der Waals surface area contributed by atoms with Crippen LogP contribution in [0.1, 0.15) is 24.1 Å². The first-order chi connectivity index (χ1) is 14.9. The van der Waals surface area contributed by atoms with Gasteiger partial charge in [-0.15, -0.1) is 0 Å². The van der Waals surface area contributed by atoms with E-state index in [4.69, 9.17) is 4.74 Å². The van der Waals surface area contributed by atoms with Crippen LogP contribution >= 0.6 is 0 Å². The van der Waals surface area contributed by atoms with Gasteiger partial charge in [0.2, 0.25) is 10.0 Å². The fraction of sp³-hybridized carbons (Fsp3) is 0.421. The van der Waals surface area contributed by atoms with Gasteiger partial charge in [-0.1, -0.05) is 12.1 Å². The molecule has 1 aliphatic rings. The zero-order valence-electron chi connectivity index (χ0n) is 17.1. The van der Waals surface area contributed by atoms with Crippen molar-refractivity contribution < 1.29 is 31.1 Å². The predicted molar refractivity (Wildman–Crippen MR) is 105 cm³/mol. The van der Waals surface area contributed by atoms with Crippen molar-refractivity contribution in [3.63, 3.8) is 0 Å². The maximum atomic E-state index is 13.3. The molecular weight excluding hydrogens is 455 g/mol. The summed E-state index contributed by atoms with van der Waals surface area (Å²) in [7, 11) is -2.01. The Morgan fingerprint density at radius 1 is 1.16 bits per heavy atom. The van der Waals surface area contributed by atoms with Crippen LogP contribution in [0.3, 0.4) is 0 Å². The zero-order chi connectivity index (χ0) is 23.8. The van der Waals surface area contributed by atoms with Gasteiger partial charge < -0.3 is 4.74 Å². The van der Waals surface area contributed by atoms with Crippen LogP contribution in [0.4, 0.5) is 13.2 Å². The third-order valence-electron chi connectivity index (χ3n) is 5.24. The Labute approximate surface area is 180 Å². The minimum atomic E-state index is -4.90. The van der Waals surface area contributed by atoms with E-state index in [-0.39, 0.29) is 25.1 Å². The average Bonchev–Trinajstić information content (AvgIpc) is 3.24. The van der Waals surface area contributed by atoms with Crippen molar-refractivity contribution in [2.24, 2.45) is 14.1 Å². The van der Waals surface area contributed by atoms with Gasteiger partial charge >= 0.3 is 17.8 Å². The fourth-order valence-corrected chi connectivity index (χ4v) is 5.33. The number of rotatable bonds is 5. The van der Waals surface area contributed by atoms with Gasteiger partial charge in [-0.05, 0) is 25.0 Å². The van der Waals surface area contributed by atoms with Crippen LogP contribution in [-0.4, -0.2) is 40.4 Å². The Balaban J connectivity index is 1.86. The monoisotopic (exact) mass is 475 g/mol. The summed E-state index contributed by atoms with van der Waals surface area (Å²) in [5, 5.41) is 0. The smallest absolute Gasteiger partial charge is 0.417 e. The lowest BCUT2D eigenvalue weighted by molar-refractivity contribution is -0.149. The number of nitrogens with zero attached hydrogens (tertiary/aromatic N) is 3. The first-order valence-corrected chi connectivity index (χ1v) is 10.9. The van der Waals surface area contributed by atoms with E-state index in [0.29, 0.717) is 10.4 Å². The molecule has 2 heterocycles. The van der Waals surface area contributed by atoms with Crippen molar-refractivity contribution in [2.75, 3.05) is 6.54 Å². The molecule has 0 bridgehead atoms. The number of sulfonamides is 1. The highest BCUT2D eigenvalue weighted by Crippen LogP contribution is 2.37. The molecule has 174 valence electrons. The Hall–Kier alpha value is -2.93. The largest absolute Gasteiger partial charge is 0.458 e. The number of hydrogen-bond acceptors (Lipinski definition) is 6. The van der Waals surface area contributed by atoms with E-state index in [2.05, 4.69) is 0 Å². The van der Waals surface area contributed by atoms with Gasteiger partial charge in [0.05, 0.1) is 16.2 Å². The Bertz CT molecular complexity index is 1270. The molecule has 1 aromatic carbocycles. The molecule has 32 heavy (non-hydrogen) atoms. The Morgan fingerprint density at radius 2 is 1.81 bits per heavy atom. The lowest BCUT2D eigenvalue weighted by Gasteiger charge is -2.24. The van der Waals surface area contributed by atoms with E-state index in [0.717, 1.165) is 27.3 Å². The number of carbonyl (C=O) groups is 1. The SMILES string of the molecule is Cn1c(COC(=O)[C@@H]2CCCN2S(=O)(=O)c2ccccc2C(F)(F)F)cc(=O)n(C)c1=O. The maximum Gasteiger partial charge on any atom is 0.417 e. The molecule has 1 aromatic heterocycles. The summed E-state index contributed by atoms with van der Waals surface area (Å²) in [5.41, 5.74) is -2.50. The summed E-state index contributed by atoms with van der Waals surface area (Å²) in [6, 6.07) is 3.51. The van der Waals surface area contributed by atoms with E-state index in [1.807, 2.05) is 0 Å². The number of carbonyl (C=O) groups excluding carboxylic acids is 1. The molecule has 1 saturated heterocycles. The maximum absolute atomic E-state index is 13.3. The quantitative estimate of drug-likeness (QED) is 0.598. The Morgan fingerprint density at radius 3 is 2.47 bits per heavy atom. The number of hydrogen-bond donors (Lipinski definition) is 0. The molecule has 0 spiro atoms. The molecule has 1 fully saturated rings. The van der Waals surface area contributed by atoms with Crippen molar-refractivity contribution in [3.05, 3.63) is 62.4 Å². The van der Waals surface area contributed by atoms with Crippen molar-refractivity contribution in [3.8, 4) is 0 Å². The molecule has 9 nitrogen and oxygen atoms in total. The molecule has 3 rings (SSSR count). The lowest BCUT2D eigenvalue weighted by atomic mass is 10.2. The number of aromatic nitrogens is 2. The summed E-state index contributed by atoms with van der Waals surface area (Å²) < 4.78 is 73.8. The lowest BCUT2D eigenvalue weighted by Crippen LogP contribution is -2.42. The van der Waals surface area contributed by atoms with Gasteiger partial charge in [-0.2, -0.15) is 17.5 Å². The second-order valence-electron chi connectivity index (χ2n) is 7.25. The number of ether oxygens (including phenoxy) is 1. The minimum Gasteiger partial charge on any atom is -0.458 e. The number of esters is 1. The highest BCUT2D eigenvalue weighted by Gasteiger charge is 2.44. The minimum absolute atomic E-state index is 0.0573. The molecule has 0 radical (unpaired) electrons. The third-order valence-corrected chi connectivity index (χ3v) is 7.21. The molecule has 13 heteroatoms. The van der Waals surface area contributed by atoms with E-state index in [1.54, 1.807) is 0 Å². The van der Waals surface area contributed by atoms with Crippen molar-refractivity contribution >= 4 is 16.0 Å². The van der Waals surface area contributed by atoms with Crippen LogP contribution in [0.2, 0.25) is 0 Å². The molecule has 0 aliphatic carbocycles. The summed E-state index contributed by atoms with van der Waals surface area (Å²) in [4.78, 5) is 35.4. The van der Waals surface area contributed by atoms with Gasteiger partial charge in [0.25, 0.3) is 5.56 Å². The van der Waals surface area contributed by atoms with Crippen LogP contribution in [0.25, 0.3) is 0 Å². The van der Waals surface area contributed by atoms with E-state index in [1.165, 1.54) is 20.2 Å². The van der Waals surface area contributed by atoms with Crippen LogP contribution in [0, 0.1) is 0 Å². The van der Waals surface area contributed by atoms with Crippen LogP contribution in [0.5, 0.6) is 0 Å². The van der Waals surface area contributed by atoms with E-state index < -0.39 is 56.5 Å². The van der Waals surface area contributed by atoms with Crippen LogP contribution in [-0.2, 0) is 46.4 Å². The summed E-state index contributed by atoms with van der Waals surface area (Å²) in [6.07, 6.45) is -4.59. The standard InChI is InChI=1S/C19H20F3N3O6S/c1-23-12(10-16(26)24(2)18(23)28)11-31-17(27)14-7-5-9-25(14)32(29,30)15-8-4-3-6-13(15)19(20,21)22/h3-4,6,8,10,14H,5,7,9,11H2,1-2H3/t14-/m0/s1. The molecule has 1 aliphatic heterocycles. The number of benzene rings is 1. The molecule has 0 unspecified atom stereocenters. The van der Waals surface area contributed by atoms with Gasteiger partial charge in [-0.25, -0.2) is 13.2 Å². The topological polar surface area (TPSA) is 108 Å². The molecule has 1 atom stereocenters. The van der Waals surface area contributed by atoms with Crippen molar-refractivity contribution in [1.29, 1.82) is 0 Å². The second kappa shape index (κ2) is 8.54. The summed E-state index contributed by atoms with van der Waals surface area (Å²) in [5.74, 6) is -0.983. The normalized spacial score (nSPS) is 17.5. The number of halogens is 3. The number of alkyl halides is 3.